The van der Waals surface area contributed by atoms with Gasteiger partial charge >= 0.3 is 11.9 Å². The van der Waals surface area contributed by atoms with Crippen LogP contribution in [0.2, 0.25) is 0 Å². The molecule has 12 unspecified atom stereocenters. The molecule has 1 aromatic carbocycles. The van der Waals surface area contributed by atoms with E-state index in [1.54, 1.807) is 32.9 Å². The molecule has 1 saturated carbocycles. The summed E-state index contributed by atoms with van der Waals surface area (Å²) < 4.78 is 36.3. The molecule has 4 aliphatic heterocycles. The zero-order chi connectivity index (χ0) is 48.5. The van der Waals surface area contributed by atoms with E-state index in [9.17, 15) is 44.7 Å². The molecule has 376 valence electrons. The van der Waals surface area contributed by atoms with Crippen LogP contribution >= 0.6 is 0 Å². The highest BCUT2D eigenvalue weighted by Gasteiger charge is 2.76. The largest absolute Gasteiger partial charge is 0.460 e. The van der Waals surface area contributed by atoms with Crippen LogP contribution in [0.5, 0.6) is 0 Å². The van der Waals surface area contributed by atoms with E-state index in [1.165, 1.54) is 5.06 Å². The average Bonchev–Trinajstić information content (AvgIpc) is 3.85. The summed E-state index contributed by atoms with van der Waals surface area (Å²) in [7, 11) is 0. The summed E-state index contributed by atoms with van der Waals surface area (Å²) in [5.41, 5.74) is -0.587. The number of esters is 2. The Morgan fingerprint density at radius 3 is 2.27 bits per heavy atom. The van der Waals surface area contributed by atoms with E-state index in [2.05, 4.69) is 24.5 Å². The normalized spacial score (nSPS) is 31.6. The Kier molecular flexibility index (Phi) is 18.4. The maximum Gasteiger partial charge on any atom is 0.327 e. The van der Waals surface area contributed by atoms with Crippen molar-refractivity contribution >= 4 is 29.8 Å². The lowest BCUT2D eigenvalue weighted by Crippen LogP contribution is -2.69. The number of hydrogen-bond donors (Lipinski definition) is 7. The van der Waals surface area contributed by atoms with Crippen LogP contribution in [0.25, 0.3) is 6.08 Å². The maximum atomic E-state index is 14.8. The summed E-state index contributed by atoms with van der Waals surface area (Å²) in [4.78, 5) is 61.1. The molecule has 4 heterocycles. The van der Waals surface area contributed by atoms with Crippen LogP contribution in [0.3, 0.4) is 0 Å². The quantitative estimate of drug-likeness (QED) is 0.0578. The summed E-state index contributed by atoms with van der Waals surface area (Å²) in [5, 5.41) is 56.9. The SMILES string of the molecule is CCCCCC1(CCCCC)OC2C3CC4(C(=O)NCCC(=O)NC(CO)CCC(=O)OC(C)(C)C)C(ON(Cc5ccc(C=CCOC6OC(CO)C(O)C(O)C6O)cc5)C4C(=O)O3)C2O1. The first-order valence-corrected chi connectivity index (χ1v) is 24.1. The minimum Gasteiger partial charge on any atom is -0.460 e. The Morgan fingerprint density at radius 2 is 1.63 bits per heavy atom. The van der Waals surface area contributed by atoms with Crippen LogP contribution in [-0.2, 0) is 59.0 Å². The van der Waals surface area contributed by atoms with Gasteiger partial charge in [0.25, 0.3) is 0 Å². The topological polar surface area (TPSA) is 261 Å². The number of ether oxygens (including phenoxy) is 6. The van der Waals surface area contributed by atoms with E-state index in [-0.39, 0.29) is 45.4 Å². The smallest absolute Gasteiger partial charge is 0.327 e. The van der Waals surface area contributed by atoms with Crippen molar-refractivity contribution in [3.8, 4) is 0 Å². The number of benzene rings is 1. The standard InChI is InChI=1S/C48H73N3O16/c1-6-8-10-21-47(22-11-9-7-2)65-39-32-25-48(45(60)49-23-20-34(54)50-31(27-52)18-19-35(55)64-46(3,4)5)41(43(59)62-32)51(67-42(48)40(39)66-47)26-30-16-14-29(15-17-30)13-12-24-61-44-38(58)37(57)36(56)33(28-53)63-44/h12-17,31-33,36-42,44,52-53,56-58H,6-11,18-28H2,1-5H3,(H,49,60)(H,50,54). The Balaban J connectivity index is 1.16. The van der Waals surface area contributed by atoms with E-state index in [0.717, 1.165) is 49.7 Å². The molecule has 1 aliphatic carbocycles. The molecule has 0 radical (unpaired) electrons. The van der Waals surface area contributed by atoms with E-state index >= 15 is 0 Å². The average molecular weight is 948 g/mol. The third-order valence-corrected chi connectivity index (χ3v) is 13.2. The van der Waals surface area contributed by atoms with Gasteiger partial charge in [0, 0.05) is 38.6 Å². The molecule has 2 amide bonds. The van der Waals surface area contributed by atoms with Crippen molar-refractivity contribution < 1.29 is 78.0 Å². The predicted octanol–water partition coefficient (Wildman–Crippen LogP) is 2.06. The van der Waals surface area contributed by atoms with Crippen molar-refractivity contribution in [2.75, 3.05) is 26.4 Å². The number of unbranched alkanes of at least 4 members (excludes halogenated alkanes) is 4. The minimum atomic E-state index is -1.55. The van der Waals surface area contributed by atoms with Gasteiger partial charge in [-0.1, -0.05) is 75.9 Å². The van der Waals surface area contributed by atoms with E-state index < -0.39 is 121 Å². The van der Waals surface area contributed by atoms with E-state index in [0.29, 0.717) is 12.8 Å². The van der Waals surface area contributed by atoms with Crippen LogP contribution in [0, 0.1) is 5.41 Å². The molecule has 1 aromatic rings. The molecule has 4 saturated heterocycles. The summed E-state index contributed by atoms with van der Waals surface area (Å²) in [5.74, 6) is -2.94. The van der Waals surface area contributed by atoms with Crippen LogP contribution < -0.4 is 10.6 Å². The van der Waals surface area contributed by atoms with E-state index in [4.69, 9.17) is 33.3 Å². The van der Waals surface area contributed by atoms with Crippen LogP contribution in [0.1, 0.15) is 123 Å². The van der Waals surface area contributed by atoms with Crippen molar-refractivity contribution in [3.05, 3.63) is 41.5 Å². The Labute approximate surface area is 392 Å². The fraction of sp³-hybridized carbons (Fsp3) is 0.750. The fourth-order valence-corrected chi connectivity index (χ4v) is 9.80. The molecule has 0 aromatic heterocycles. The number of hydrogen-bond acceptors (Lipinski definition) is 17. The highest BCUT2D eigenvalue weighted by Crippen LogP contribution is 2.58. The highest BCUT2D eigenvalue weighted by atomic mass is 16.8. The first kappa shape index (κ1) is 52.8. The van der Waals surface area contributed by atoms with Gasteiger partial charge in [0.05, 0.1) is 32.4 Å². The number of nitrogens with one attached hydrogen (secondary N) is 2. The third kappa shape index (κ3) is 12.6. The fourth-order valence-electron chi connectivity index (χ4n) is 9.80. The van der Waals surface area contributed by atoms with Crippen molar-refractivity contribution in [3.63, 3.8) is 0 Å². The van der Waals surface area contributed by atoms with Crippen molar-refractivity contribution in [1.82, 2.24) is 15.7 Å². The number of amides is 2. The van der Waals surface area contributed by atoms with Gasteiger partial charge in [0.2, 0.25) is 11.8 Å². The van der Waals surface area contributed by atoms with Gasteiger partial charge in [-0.05, 0) is 51.2 Å². The van der Waals surface area contributed by atoms with Gasteiger partial charge in [-0.3, -0.25) is 24.0 Å². The Morgan fingerprint density at radius 1 is 0.940 bits per heavy atom. The van der Waals surface area contributed by atoms with Gasteiger partial charge < -0.3 is 64.6 Å². The lowest BCUT2D eigenvalue weighted by Gasteiger charge is -2.48. The van der Waals surface area contributed by atoms with Gasteiger partial charge in [-0.15, -0.1) is 0 Å². The molecule has 5 fully saturated rings. The molecule has 7 N–H and O–H groups in total. The Bertz CT molecular complexity index is 1830. The van der Waals surface area contributed by atoms with Gasteiger partial charge in [0.1, 0.15) is 59.8 Å². The molecule has 0 spiro atoms. The van der Waals surface area contributed by atoms with Gasteiger partial charge in [0.15, 0.2) is 18.1 Å². The zero-order valence-electron chi connectivity index (χ0n) is 39.5. The number of rotatable bonds is 24. The maximum absolute atomic E-state index is 14.8. The molecular weight excluding hydrogens is 875 g/mol. The minimum absolute atomic E-state index is 0.00120. The second kappa shape index (κ2) is 23.3. The first-order valence-electron chi connectivity index (χ1n) is 24.1. The van der Waals surface area contributed by atoms with Crippen LogP contribution in [-0.4, -0.2) is 159 Å². The molecule has 6 rings (SSSR count). The van der Waals surface area contributed by atoms with Crippen LogP contribution in [0.15, 0.2) is 30.3 Å². The number of aliphatic hydroxyl groups excluding tert-OH is 5. The third-order valence-electron chi connectivity index (χ3n) is 13.2. The van der Waals surface area contributed by atoms with Crippen molar-refractivity contribution in [2.24, 2.45) is 5.41 Å². The van der Waals surface area contributed by atoms with Gasteiger partial charge in [-0.25, -0.2) is 0 Å². The first-order chi connectivity index (χ1) is 32.0. The molecule has 12 atom stereocenters. The highest BCUT2D eigenvalue weighted by molar-refractivity contribution is 5.94. The number of carbonyl (C=O) groups excluding carboxylic acids is 4. The zero-order valence-corrected chi connectivity index (χ0v) is 39.5. The lowest BCUT2D eigenvalue weighted by molar-refractivity contribution is -0.298. The number of fused-ring (bicyclic) bond motifs is 4. The molecule has 19 nitrogen and oxygen atoms in total. The number of aliphatic hydroxyl groups is 5. The number of hydroxylamine groups is 2. The summed E-state index contributed by atoms with van der Waals surface area (Å²) >= 11 is 0. The van der Waals surface area contributed by atoms with Crippen LogP contribution in [0.4, 0.5) is 0 Å². The van der Waals surface area contributed by atoms with E-state index in [1.807, 2.05) is 24.3 Å². The van der Waals surface area contributed by atoms with Crippen molar-refractivity contribution in [2.45, 2.75) is 197 Å². The molecular formula is C48H73N3O16. The summed E-state index contributed by atoms with van der Waals surface area (Å²) in [6.07, 6.45) is 0.550. The number of carbonyl (C=O) groups is 4. The lowest BCUT2D eigenvalue weighted by atomic mass is 9.62. The molecule has 19 heteroatoms. The summed E-state index contributed by atoms with van der Waals surface area (Å²) in [6, 6.07) is 5.53. The number of nitrogens with zero attached hydrogens (tertiary/aromatic N) is 1. The molecule has 2 bridgehead atoms. The predicted molar refractivity (Wildman–Crippen MR) is 239 cm³/mol. The second-order valence-corrected chi connectivity index (χ2v) is 19.5. The molecule has 5 aliphatic rings. The Hall–Kier alpha value is -3.60. The monoisotopic (exact) mass is 947 g/mol. The second-order valence-electron chi connectivity index (χ2n) is 19.5. The summed E-state index contributed by atoms with van der Waals surface area (Å²) in [6.45, 7) is 8.57. The van der Waals surface area contributed by atoms with Gasteiger partial charge in [-0.2, -0.15) is 5.06 Å². The van der Waals surface area contributed by atoms with Crippen molar-refractivity contribution in [1.29, 1.82) is 0 Å². The molecule has 67 heavy (non-hydrogen) atoms.